The van der Waals surface area contributed by atoms with E-state index in [1.165, 1.54) is 23.9 Å². The molecule has 0 aliphatic carbocycles. The van der Waals surface area contributed by atoms with Gasteiger partial charge < -0.3 is 10.5 Å². The van der Waals surface area contributed by atoms with Crippen molar-refractivity contribution in [3.8, 4) is 5.75 Å². The van der Waals surface area contributed by atoms with Gasteiger partial charge in [-0.05, 0) is 37.3 Å². The summed E-state index contributed by atoms with van der Waals surface area (Å²) in [5.41, 5.74) is 6.23. The van der Waals surface area contributed by atoms with Crippen LogP contribution in [0.2, 0.25) is 0 Å². The van der Waals surface area contributed by atoms with Gasteiger partial charge in [-0.2, -0.15) is 0 Å². The van der Waals surface area contributed by atoms with Crippen LogP contribution >= 0.6 is 11.8 Å². The third-order valence-corrected chi connectivity index (χ3v) is 3.67. The number of nitrogens with zero attached hydrogens (tertiary/aromatic N) is 1. The van der Waals surface area contributed by atoms with E-state index in [-0.39, 0.29) is 5.69 Å². The number of hydrogen-bond acceptors (Lipinski definition) is 5. The summed E-state index contributed by atoms with van der Waals surface area (Å²) >= 11 is 1.46. The number of nitro groups is 1. The van der Waals surface area contributed by atoms with E-state index in [2.05, 4.69) is 0 Å². The van der Waals surface area contributed by atoms with Gasteiger partial charge in [0.1, 0.15) is 5.75 Å². The summed E-state index contributed by atoms with van der Waals surface area (Å²) in [6.45, 7) is 2.56. The van der Waals surface area contributed by atoms with E-state index < -0.39 is 4.92 Å². The first kappa shape index (κ1) is 14.2. The molecule has 0 radical (unpaired) electrons. The lowest BCUT2D eigenvalue weighted by Gasteiger charge is -2.07. The zero-order valence-electron chi connectivity index (χ0n) is 10.9. The Labute approximate surface area is 120 Å². The third kappa shape index (κ3) is 3.42. The van der Waals surface area contributed by atoms with Crippen LogP contribution in [0.5, 0.6) is 5.75 Å². The summed E-state index contributed by atoms with van der Waals surface area (Å²) in [6, 6.07) is 12.1. The van der Waals surface area contributed by atoms with E-state index in [0.29, 0.717) is 12.3 Å². The fraction of sp³-hybridized carbons (Fsp3) is 0.143. The molecule has 0 fully saturated rings. The van der Waals surface area contributed by atoms with Crippen LogP contribution in [0.4, 0.5) is 11.4 Å². The van der Waals surface area contributed by atoms with Gasteiger partial charge in [0.25, 0.3) is 5.69 Å². The fourth-order valence-electron chi connectivity index (χ4n) is 1.64. The first-order valence-electron chi connectivity index (χ1n) is 6.04. The van der Waals surface area contributed by atoms with Gasteiger partial charge in [-0.1, -0.05) is 11.8 Å². The van der Waals surface area contributed by atoms with Crippen molar-refractivity contribution in [2.75, 3.05) is 12.3 Å². The summed E-state index contributed by atoms with van der Waals surface area (Å²) in [7, 11) is 0. The predicted octanol–water partition coefficient (Wildman–Crippen LogP) is 3.73. The monoisotopic (exact) mass is 290 g/mol. The van der Waals surface area contributed by atoms with Crippen LogP contribution < -0.4 is 10.5 Å². The topological polar surface area (TPSA) is 78.4 Å². The van der Waals surface area contributed by atoms with Crippen molar-refractivity contribution in [2.45, 2.75) is 16.7 Å². The van der Waals surface area contributed by atoms with Gasteiger partial charge in [0, 0.05) is 21.9 Å². The molecule has 5 nitrogen and oxygen atoms in total. The third-order valence-electron chi connectivity index (χ3n) is 2.57. The lowest BCUT2D eigenvalue weighted by atomic mass is 10.3. The van der Waals surface area contributed by atoms with Crippen molar-refractivity contribution in [1.29, 1.82) is 0 Å². The van der Waals surface area contributed by atoms with E-state index in [1.807, 2.05) is 31.2 Å². The molecule has 0 aliphatic rings. The average Bonchev–Trinajstić information content (AvgIpc) is 2.43. The van der Waals surface area contributed by atoms with E-state index in [1.54, 1.807) is 6.07 Å². The minimum absolute atomic E-state index is 0.00135. The molecule has 0 amide bonds. The van der Waals surface area contributed by atoms with Crippen LogP contribution in [-0.2, 0) is 0 Å². The Kier molecular flexibility index (Phi) is 4.47. The molecule has 2 aromatic rings. The molecule has 0 unspecified atom stereocenters. The molecule has 2 aromatic carbocycles. The van der Waals surface area contributed by atoms with Crippen LogP contribution in [0.25, 0.3) is 0 Å². The van der Waals surface area contributed by atoms with Crippen LogP contribution in [-0.4, -0.2) is 11.5 Å². The minimum Gasteiger partial charge on any atom is -0.494 e. The predicted molar refractivity (Wildman–Crippen MR) is 79.2 cm³/mol. The molecule has 0 atom stereocenters. The molecule has 0 aliphatic heterocycles. The molecule has 104 valence electrons. The second-order valence-corrected chi connectivity index (χ2v) is 5.10. The van der Waals surface area contributed by atoms with Crippen LogP contribution in [0.15, 0.2) is 52.3 Å². The standard InChI is InChI=1S/C14H14N2O3S/c1-2-19-11-4-6-12(7-5-11)20-14-8-3-10(16(17)18)9-13(14)15/h3-9H,2,15H2,1H3. The normalized spacial score (nSPS) is 10.2. The molecule has 0 heterocycles. The molecule has 20 heavy (non-hydrogen) atoms. The van der Waals surface area contributed by atoms with Gasteiger partial charge in [0.15, 0.2) is 0 Å². The zero-order valence-corrected chi connectivity index (χ0v) is 11.7. The van der Waals surface area contributed by atoms with Gasteiger partial charge in [0.05, 0.1) is 17.2 Å². The Morgan fingerprint density at radius 1 is 1.25 bits per heavy atom. The van der Waals surface area contributed by atoms with Crippen molar-refractivity contribution < 1.29 is 9.66 Å². The number of benzene rings is 2. The van der Waals surface area contributed by atoms with Crippen molar-refractivity contribution in [3.63, 3.8) is 0 Å². The van der Waals surface area contributed by atoms with Gasteiger partial charge in [-0.3, -0.25) is 10.1 Å². The van der Waals surface area contributed by atoms with Crippen LogP contribution in [0.3, 0.4) is 0 Å². The number of hydrogen-bond donors (Lipinski definition) is 1. The first-order chi connectivity index (χ1) is 9.60. The zero-order chi connectivity index (χ0) is 14.5. The summed E-state index contributed by atoms with van der Waals surface area (Å²) in [5, 5.41) is 10.7. The molecular formula is C14H14N2O3S. The second-order valence-electron chi connectivity index (χ2n) is 3.99. The van der Waals surface area contributed by atoms with Crippen molar-refractivity contribution >= 4 is 23.1 Å². The molecule has 6 heteroatoms. The Hall–Kier alpha value is -2.21. The maximum atomic E-state index is 10.7. The van der Waals surface area contributed by atoms with E-state index in [0.717, 1.165) is 15.5 Å². The number of nitro benzene ring substituents is 1. The number of ether oxygens (including phenoxy) is 1. The Bertz CT molecular complexity index is 614. The second kappa shape index (κ2) is 6.29. The Morgan fingerprint density at radius 2 is 1.95 bits per heavy atom. The molecule has 2 rings (SSSR count). The molecule has 0 spiro atoms. The maximum absolute atomic E-state index is 10.7. The molecule has 0 saturated carbocycles. The Balaban J connectivity index is 2.15. The SMILES string of the molecule is CCOc1ccc(Sc2ccc([N+](=O)[O-])cc2N)cc1. The largest absolute Gasteiger partial charge is 0.494 e. The highest BCUT2D eigenvalue weighted by Crippen LogP contribution is 2.34. The fourth-order valence-corrected chi connectivity index (χ4v) is 2.48. The number of nitrogen functional groups attached to an aromatic ring is 1. The van der Waals surface area contributed by atoms with Crippen molar-refractivity contribution in [2.24, 2.45) is 0 Å². The van der Waals surface area contributed by atoms with E-state index in [9.17, 15) is 10.1 Å². The highest BCUT2D eigenvalue weighted by atomic mass is 32.2. The van der Waals surface area contributed by atoms with Gasteiger partial charge >= 0.3 is 0 Å². The molecule has 2 N–H and O–H groups in total. The molecular weight excluding hydrogens is 276 g/mol. The summed E-state index contributed by atoms with van der Waals surface area (Å²) < 4.78 is 5.37. The van der Waals surface area contributed by atoms with Crippen LogP contribution in [0.1, 0.15) is 6.92 Å². The molecule has 0 bridgehead atoms. The molecule has 0 saturated heterocycles. The maximum Gasteiger partial charge on any atom is 0.271 e. The minimum atomic E-state index is -0.457. The quantitative estimate of drug-likeness (QED) is 0.515. The average molecular weight is 290 g/mol. The summed E-state index contributed by atoms with van der Waals surface area (Å²) in [6.07, 6.45) is 0. The van der Waals surface area contributed by atoms with Crippen molar-refractivity contribution in [3.05, 3.63) is 52.6 Å². The lowest BCUT2D eigenvalue weighted by molar-refractivity contribution is -0.384. The lowest BCUT2D eigenvalue weighted by Crippen LogP contribution is -1.93. The number of rotatable bonds is 5. The highest BCUT2D eigenvalue weighted by Gasteiger charge is 2.09. The summed E-state index contributed by atoms with van der Waals surface area (Å²) in [4.78, 5) is 12.0. The summed E-state index contributed by atoms with van der Waals surface area (Å²) in [5.74, 6) is 0.813. The molecule has 0 aromatic heterocycles. The first-order valence-corrected chi connectivity index (χ1v) is 6.86. The van der Waals surface area contributed by atoms with Gasteiger partial charge in [-0.15, -0.1) is 0 Å². The van der Waals surface area contributed by atoms with Gasteiger partial charge in [0.2, 0.25) is 0 Å². The van der Waals surface area contributed by atoms with E-state index >= 15 is 0 Å². The van der Waals surface area contributed by atoms with Crippen molar-refractivity contribution in [1.82, 2.24) is 0 Å². The number of anilines is 1. The smallest absolute Gasteiger partial charge is 0.271 e. The highest BCUT2D eigenvalue weighted by molar-refractivity contribution is 7.99. The van der Waals surface area contributed by atoms with E-state index in [4.69, 9.17) is 10.5 Å². The van der Waals surface area contributed by atoms with Crippen LogP contribution in [0, 0.1) is 10.1 Å². The Morgan fingerprint density at radius 3 is 2.50 bits per heavy atom. The number of nitrogens with two attached hydrogens (primary N) is 1. The van der Waals surface area contributed by atoms with Gasteiger partial charge in [-0.25, -0.2) is 0 Å². The number of non-ortho nitro benzene ring substituents is 1.